The van der Waals surface area contributed by atoms with Crippen LogP contribution in [0.5, 0.6) is 0 Å². The molecule has 1 amide bonds. The number of carbonyl (C=O) groups excluding carboxylic acids is 1. The predicted octanol–water partition coefficient (Wildman–Crippen LogP) is 6.90. The Morgan fingerprint density at radius 2 is 1.65 bits per heavy atom. The lowest BCUT2D eigenvalue weighted by Gasteiger charge is -2.20. The summed E-state index contributed by atoms with van der Waals surface area (Å²) in [6.45, 7) is 6.17. The Kier molecular flexibility index (Phi) is 6.16. The number of oxazole rings is 1. The van der Waals surface area contributed by atoms with Crippen LogP contribution < -0.4 is 10.2 Å². The van der Waals surface area contributed by atoms with E-state index in [1.807, 2.05) is 12.1 Å². The van der Waals surface area contributed by atoms with Gasteiger partial charge in [0.15, 0.2) is 5.58 Å². The molecule has 3 aromatic carbocycles. The molecule has 0 aliphatic rings. The number of carbonyl (C=O) groups is 1. The number of amides is 1. The second-order valence-electron chi connectivity index (χ2n) is 7.03. The summed E-state index contributed by atoms with van der Waals surface area (Å²) < 4.78 is 5.91. The largest absolute Gasteiger partial charge is 0.436 e. The molecule has 0 fully saturated rings. The van der Waals surface area contributed by atoms with Crippen molar-refractivity contribution in [3.8, 4) is 11.5 Å². The molecule has 0 saturated heterocycles. The summed E-state index contributed by atoms with van der Waals surface area (Å²) in [5.41, 5.74) is 4.34. The Balaban J connectivity index is 1.56. The van der Waals surface area contributed by atoms with Crippen LogP contribution in [-0.4, -0.2) is 24.0 Å². The van der Waals surface area contributed by atoms with E-state index in [1.54, 1.807) is 36.4 Å². The second kappa shape index (κ2) is 9.00. The molecule has 4 aromatic rings. The quantitative estimate of drug-likeness (QED) is 0.344. The first kappa shape index (κ1) is 21.2. The lowest BCUT2D eigenvalue weighted by atomic mass is 10.2. The molecule has 0 bridgehead atoms. The highest BCUT2D eigenvalue weighted by Gasteiger charge is 2.12. The number of hydrogen-bond donors (Lipinski definition) is 1. The van der Waals surface area contributed by atoms with Gasteiger partial charge in [0, 0.05) is 45.6 Å². The maximum atomic E-state index is 12.5. The van der Waals surface area contributed by atoms with E-state index in [-0.39, 0.29) is 5.91 Å². The van der Waals surface area contributed by atoms with Crippen molar-refractivity contribution in [1.82, 2.24) is 4.98 Å². The normalized spacial score (nSPS) is 11.0. The van der Waals surface area contributed by atoms with Crippen molar-refractivity contribution in [2.24, 2.45) is 0 Å². The van der Waals surface area contributed by atoms with Crippen molar-refractivity contribution in [2.45, 2.75) is 13.8 Å². The highest BCUT2D eigenvalue weighted by Crippen LogP contribution is 2.28. The smallest absolute Gasteiger partial charge is 0.255 e. The van der Waals surface area contributed by atoms with Crippen molar-refractivity contribution in [1.29, 1.82) is 0 Å². The molecule has 0 aliphatic heterocycles. The number of benzene rings is 3. The molecule has 1 aromatic heterocycles. The number of aromatic nitrogens is 1. The van der Waals surface area contributed by atoms with Crippen LogP contribution in [0.25, 0.3) is 22.6 Å². The van der Waals surface area contributed by atoms with Gasteiger partial charge >= 0.3 is 0 Å². The predicted molar refractivity (Wildman–Crippen MR) is 127 cm³/mol. The summed E-state index contributed by atoms with van der Waals surface area (Å²) in [5, 5.41) is 3.65. The van der Waals surface area contributed by atoms with Crippen LogP contribution >= 0.6 is 23.2 Å². The number of nitrogens with one attached hydrogen (secondary N) is 1. The molecular weight excluding hydrogens is 433 g/mol. The summed E-state index contributed by atoms with van der Waals surface area (Å²) in [7, 11) is 0. The number of nitrogens with zero attached hydrogens (tertiary/aromatic N) is 2. The monoisotopic (exact) mass is 453 g/mol. The van der Waals surface area contributed by atoms with Crippen molar-refractivity contribution in [3.05, 3.63) is 76.3 Å². The van der Waals surface area contributed by atoms with Gasteiger partial charge in [0.05, 0.1) is 0 Å². The van der Waals surface area contributed by atoms with E-state index < -0.39 is 0 Å². The van der Waals surface area contributed by atoms with Gasteiger partial charge < -0.3 is 14.6 Å². The number of rotatable bonds is 6. The van der Waals surface area contributed by atoms with Crippen LogP contribution in [0.3, 0.4) is 0 Å². The van der Waals surface area contributed by atoms with Crippen LogP contribution in [0.15, 0.2) is 65.1 Å². The zero-order chi connectivity index (χ0) is 22.0. The molecule has 0 atom stereocenters. The third kappa shape index (κ3) is 4.68. The Bertz CT molecular complexity index is 1210. The number of anilines is 2. The molecule has 0 saturated carbocycles. The lowest BCUT2D eigenvalue weighted by molar-refractivity contribution is 0.102. The van der Waals surface area contributed by atoms with Gasteiger partial charge in [0.2, 0.25) is 5.89 Å². The van der Waals surface area contributed by atoms with Gasteiger partial charge in [0.25, 0.3) is 5.91 Å². The van der Waals surface area contributed by atoms with Gasteiger partial charge in [-0.3, -0.25) is 4.79 Å². The minimum atomic E-state index is -0.306. The van der Waals surface area contributed by atoms with Crippen LogP contribution in [0.1, 0.15) is 24.2 Å². The SMILES string of the molecule is CCN(CC)c1ccc(-c2nc3cc(NC(=O)c4cc(Cl)cc(Cl)c4)ccc3o2)cc1. The fourth-order valence-electron chi connectivity index (χ4n) is 3.42. The Labute approximate surface area is 190 Å². The number of hydrogen-bond acceptors (Lipinski definition) is 4. The van der Waals surface area contributed by atoms with Crippen molar-refractivity contribution in [3.63, 3.8) is 0 Å². The molecule has 158 valence electrons. The molecule has 0 spiro atoms. The van der Waals surface area contributed by atoms with Gasteiger partial charge in [-0.05, 0) is 74.5 Å². The topological polar surface area (TPSA) is 58.4 Å². The van der Waals surface area contributed by atoms with E-state index in [9.17, 15) is 4.79 Å². The van der Waals surface area contributed by atoms with Gasteiger partial charge in [-0.15, -0.1) is 0 Å². The number of halogens is 2. The first-order valence-electron chi connectivity index (χ1n) is 10.00. The number of fused-ring (bicyclic) bond motifs is 1. The highest BCUT2D eigenvalue weighted by atomic mass is 35.5. The Morgan fingerprint density at radius 1 is 0.968 bits per heavy atom. The molecular formula is C24H21Cl2N3O2. The Morgan fingerprint density at radius 3 is 2.29 bits per heavy atom. The molecule has 0 unspecified atom stereocenters. The molecule has 4 rings (SSSR count). The molecule has 0 aliphatic carbocycles. The van der Waals surface area contributed by atoms with Gasteiger partial charge in [-0.2, -0.15) is 0 Å². The zero-order valence-corrected chi connectivity index (χ0v) is 18.7. The summed E-state index contributed by atoms with van der Waals surface area (Å²) in [5.74, 6) is 0.227. The van der Waals surface area contributed by atoms with Gasteiger partial charge in [0.1, 0.15) is 5.52 Å². The van der Waals surface area contributed by atoms with Crippen LogP contribution in [0.4, 0.5) is 11.4 Å². The second-order valence-corrected chi connectivity index (χ2v) is 7.91. The standard InChI is InChI=1S/C24H21Cl2N3O2/c1-3-29(4-2)20-8-5-15(6-9-20)24-28-21-14-19(7-10-22(21)31-24)27-23(30)16-11-17(25)13-18(26)12-16/h5-14H,3-4H2,1-2H3,(H,27,30). The van der Waals surface area contributed by atoms with Crippen molar-refractivity contribution in [2.75, 3.05) is 23.3 Å². The van der Waals surface area contributed by atoms with E-state index in [0.29, 0.717) is 38.3 Å². The summed E-state index contributed by atoms with van der Waals surface area (Å²) >= 11 is 12.0. The van der Waals surface area contributed by atoms with Crippen molar-refractivity contribution < 1.29 is 9.21 Å². The van der Waals surface area contributed by atoms with E-state index in [0.717, 1.165) is 24.3 Å². The molecule has 1 N–H and O–H groups in total. The third-order valence-corrected chi connectivity index (χ3v) is 5.45. The fraction of sp³-hybridized carbons (Fsp3) is 0.167. The third-order valence-electron chi connectivity index (χ3n) is 5.01. The zero-order valence-electron chi connectivity index (χ0n) is 17.2. The maximum Gasteiger partial charge on any atom is 0.255 e. The average Bonchev–Trinajstić information content (AvgIpc) is 3.18. The van der Waals surface area contributed by atoms with Crippen molar-refractivity contribution >= 4 is 51.6 Å². The average molecular weight is 454 g/mol. The van der Waals surface area contributed by atoms with E-state index in [4.69, 9.17) is 27.6 Å². The van der Waals surface area contributed by atoms with Gasteiger partial charge in [-0.1, -0.05) is 23.2 Å². The lowest BCUT2D eigenvalue weighted by Crippen LogP contribution is -2.21. The van der Waals surface area contributed by atoms with Crippen LogP contribution in [0.2, 0.25) is 10.0 Å². The summed E-state index contributed by atoms with van der Waals surface area (Å²) in [6.07, 6.45) is 0. The molecule has 0 radical (unpaired) electrons. The summed E-state index contributed by atoms with van der Waals surface area (Å²) in [4.78, 5) is 19.4. The molecule has 31 heavy (non-hydrogen) atoms. The minimum absolute atomic E-state index is 0.306. The van der Waals surface area contributed by atoms with Crippen LogP contribution in [-0.2, 0) is 0 Å². The minimum Gasteiger partial charge on any atom is -0.436 e. The molecule has 1 heterocycles. The van der Waals surface area contributed by atoms with Crippen LogP contribution in [0, 0.1) is 0 Å². The molecule has 5 nitrogen and oxygen atoms in total. The molecule has 7 heteroatoms. The maximum absolute atomic E-state index is 12.5. The van der Waals surface area contributed by atoms with E-state index in [1.165, 1.54) is 0 Å². The first-order chi connectivity index (χ1) is 15.0. The summed E-state index contributed by atoms with van der Waals surface area (Å²) in [6, 6.07) is 18.2. The van der Waals surface area contributed by atoms with Gasteiger partial charge in [-0.25, -0.2) is 4.98 Å². The fourth-order valence-corrected chi connectivity index (χ4v) is 3.95. The Hall–Kier alpha value is -3.02. The van der Waals surface area contributed by atoms with E-state index >= 15 is 0 Å². The van der Waals surface area contributed by atoms with E-state index in [2.05, 4.69) is 41.2 Å². The first-order valence-corrected chi connectivity index (χ1v) is 10.8. The highest BCUT2D eigenvalue weighted by molar-refractivity contribution is 6.35.